The van der Waals surface area contributed by atoms with Crippen LogP contribution in [0, 0.1) is 0 Å². The van der Waals surface area contributed by atoms with Gasteiger partial charge in [0.25, 0.3) is 0 Å². The predicted octanol–water partition coefficient (Wildman–Crippen LogP) is 1.48. The summed E-state index contributed by atoms with van der Waals surface area (Å²) in [5, 5.41) is 0. The van der Waals surface area contributed by atoms with E-state index in [-0.39, 0.29) is 0 Å². The van der Waals surface area contributed by atoms with Gasteiger partial charge in [-0.1, -0.05) is 20.8 Å². The summed E-state index contributed by atoms with van der Waals surface area (Å²) in [5.41, 5.74) is 0. The second kappa shape index (κ2) is 11.1. The van der Waals surface area contributed by atoms with E-state index in [0.717, 1.165) is 0 Å². The lowest BCUT2D eigenvalue weighted by Gasteiger charge is -2.13. The second-order valence-corrected chi connectivity index (χ2v) is 1.62. The standard InChI is InChI=1S/C6H15N.ClHO/c1-4-7(5-2)6-3;1-2/h4-6H2,1-3H3;2H. The zero-order valence-corrected chi connectivity index (χ0v) is 7.15. The Balaban J connectivity index is 0. The molecule has 0 fully saturated rings. The highest BCUT2D eigenvalue weighted by atomic mass is 35.5. The van der Waals surface area contributed by atoms with Gasteiger partial charge in [0.05, 0.1) is 11.9 Å². The Morgan fingerprint density at radius 2 is 1.22 bits per heavy atom. The lowest BCUT2D eigenvalue weighted by atomic mass is 10.5. The molecule has 0 rings (SSSR count). The molecule has 0 aromatic heterocycles. The SMILES string of the molecule is CCN(CC)CC.OCl. The van der Waals surface area contributed by atoms with Gasteiger partial charge in [0, 0.05) is 0 Å². The lowest BCUT2D eigenvalue weighted by Crippen LogP contribution is -2.21. The van der Waals surface area contributed by atoms with E-state index < -0.39 is 0 Å². The van der Waals surface area contributed by atoms with E-state index in [1.807, 2.05) is 0 Å². The molecule has 0 heterocycles. The first-order chi connectivity index (χ1) is 4.35. The first-order valence-electron chi connectivity index (χ1n) is 3.24. The van der Waals surface area contributed by atoms with Gasteiger partial charge in [-0.3, -0.25) is 4.66 Å². The molecule has 0 atom stereocenters. The number of nitrogens with zero attached hydrogens (tertiary/aromatic N) is 1. The fourth-order valence-corrected chi connectivity index (χ4v) is 0.671. The average Bonchev–Trinajstić information content (AvgIpc) is 1.96. The molecule has 3 heteroatoms. The van der Waals surface area contributed by atoms with Crippen molar-refractivity contribution in [2.45, 2.75) is 20.8 Å². The van der Waals surface area contributed by atoms with Crippen molar-refractivity contribution in [3.05, 3.63) is 0 Å². The van der Waals surface area contributed by atoms with Crippen molar-refractivity contribution in [2.24, 2.45) is 0 Å². The summed E-state index contributed by atoms with van der Waals surface area (Å²) in [6, 6.07) is 0. The Morgan fingerprint density at radius 1 is 1.00 bits per heavy atom. The maximum atomic E-state index is 6.47. The fraction of sp³-hybridized carbons (Fsp3) is 1.00. The van der Waals surface area contributed by atoms with Gasteiger partial charge in [0.1, 0.15) is 0 Å². The molecule has 0 aliphatic rings. The monoisotopic (exact) mass is 153 g/mol. The van der Waals surface area contributed by atoms with Crippen LogP contribution >= 0.6 is 11.9 Å². The largest absolute Gasteiger partial charge is 0.304 e. The minimum absolute atomic E-state index is 1.19. The summed E-state index contributed by atoms with van der Waals surface area (Å²) in [4.78, 5) is 2.38. The van der Waals surface area contributed by atoms with Crippen LogP contribution in [0.1, 0.15) is 20.8 Å². The van der Waals surface area contributed by atoms with Crippen LogP contribution in [0.5, 0.6) is 0 Å². The Morgan fingerprint density at radius 3 is 1.22 bits per heavy atom. The summed E-state index contributed by atoms with van der Waals surface area (Å²) in [6.45, 7) is 10.1. The van der Waals surface area contributed by atoms with Crippen molar-refractivity contribution in [1.29, 1.82) is 0 Å². The normalized spacial score (nSPS) is 8.67. The molecular formula is C6H16ClNO. The van der Waals surface area contributed by atoms with E-state index in [0.29, 0.717) is 0 Å². The second-order valence-electron chi connectivity index (χ2n) is 1.62. The molecule has 0 spiro atoms. The third kappa shape index (κ3) is 8.21. The first kappa shape index (κ1) is 11.9. The van der Waals surface area contributed by atoms with E-state index in [1.165, 1.54) is 19.6 Å². The molecule has 0 saturated heterocycles. The molecular weight excluding hydrogens is 138 g/mol. The van der Waals surface area contributed by atoms with Crippen LogP contribution in [0.2, 0.25) is 0 Å². The molecule has 0 aromatic rings. The number of rotatable bonds is 3. The van der Waals surface area contributed by atoms with E-state index in [2.05, 4.69) is 37.5 Å². The maximum absolute atomic E-state index is 6.47. The topological polar surface area (TPSA) is 23.5 Å². The number of hydrogen-bond donors (Lipinski definition) is 1. The molecule has 9 heavy (non-hydrogen) atoms. The Hall–Kier alpha value is 0.210. The first-order valence-corrected chi connectivity index (χ1v) is 3.58. The lowest BCUT2D eigenvalue weighted by molar-refractivity contribution is 0.321. The van der Waals surface area contributed by atoms with Crippen LogP contribution < -0.4 is 0 Å². The maximum Gasteiger partial charge on any atom is 0.0579 e. The summed E-state index contributed by atoms with van der Waals surface area (Å²) in [7, 11) is 0. The summed E-state index contributed by atoms with van der Waals surface area (Å²) in [6.07, 6.45) is 0. The van der Waals surface area contributed by atoms with Crippen molar-refractivity contribution in [3.8, 4) is 0 Å². The van der Waals surface area contributed by atoms with Crippen molar-refractivity contribution < 1.29 is 4.66 Å². The average molecular weight is 154 g/mol. The van der Waals surface area contributed by atoms with Gasteiger partial charge in [-0.05, 0) is 19.6 Å². The van der Waals surface area contributed by atoms with Crippen LogP contribution in [0.3, 0.4) is 0 Å². The zero-order valence-electron chi connectivity index (χ0n) is 6.39. The molecule has 0 bridgehead atoms. The van der Waals surface area contributed by atoms with Gasteiger partial charge in [-0.15, -0.1) is 0 Å². The summed E-state index contributed by atoms with van der Waals surface area (Å²) >= 11 is 3.64. The van der Waals surface area contributed by atoms with Gasteiger partial charge in [0.15, 0.2) is 0 Å². The van der Waals surface area contributed by atoms with Crippen LogP contribution in [-0.4, -0.2) is 29.2 Å². The quantitative estimate of drug-likeness (QED) is 0.664. The highest BCUT2D eigenvalue weighted by Gasteiger charge is 1.89. The molecule has 58 valence electrons. The van der Waals surface area contributed by atoms with Gasteiger partial charge >= 0.3 is 0 Å². The van der Waals surface area contributed by atoms with Crippen molar-refractivity contribution in [1.82, 2.24) is 4.90 Å². The minimum atomic E-state index is 1.19. The predicted molar refractivity (Wildman–Crippen MR) is 41.5 cm³/mol. The van der Waals surface area contributed by atoms with Crippen LogP contribution in [0.4, 0.5) is 0 Å². The third-order valence-electron chi connectivity index (χ3n) is 1.34. The highest BCUT2D eigenvalue weighted by molar-refractivity contribution is 6.04. The van der Waals surface area contributed by atoms with E-state index in [1.54, 1.807) is 0 Å². The Kier molecular flexibility index (Phi) is 14.7. The van der Waals surface area contributed by atoms with E-state index >= 15 is 0 Å². The van der Waals surface area contributed by atoms with Crippen molar-refractivity contribution in [3.63, 3.8) is 0 Å². The molecule has 0 unspecified atom stereocenters. The van der Waals surface area contributed by atoms with Gasteiger partial charge in [-0.2, -0.15) is 0 Å². The van der Waals surface area contributed by atoms with Gasteiger partial charge < -0.3 is 4.90 Å². The third-order valence-corrected chi connectivity index (χ3v) is 1.34. The van der Waals surface area contributed by atoms with Crippen LogP contribution in [0.25, 0.3) is 0 Å². The van der Waals surface area contributed by atoms with E-state index in [4.69, 9.17) is 4.66 Å². The van der Waals surface area contributed by atoms with Gasteiger partial charge in [-0.25, -0.2) is 0 Å². The minimum Gasteiger partial charge on any atom is -0.304 e. The van der Waals surface area contributed by atoms with E-state index in [9.17, 15) is 0 Å². The van der Waals surface area contributed by atoms with Crippen LogP contribution in [-0.2, 0) is 0 Å². The number of halogens is 1. The zero-order chi connectivity index (χ0) is 7.70. The molecule has 0 radical (unpaired) electrons. The van der Waals surface area contributed by atoms with Gasteiger partial charge in [0.2, 0.25) is 0 Å². The smallest absolute Gasteiger partial charge is 0.0579 e. The van der Waals surface area contributed by atoms with Crippen LogP contribution in [0.15, 0.2) is 0 Å². The van der Waals surface area contributed by atoms with Crippen molar-refractivity contribution in [2.75, 3.05) is 19.6 Å². The molecule has 0 saturated carbocycles. The molecule has 2 nitrogen and oxygen atoms in total. The summed E-state index contributed by atoms with van der Waals surface area (Å²) in [5.74, 6) is 0. The summed E-state index contributed by atoms with van der Waals surface area (Å²) < 4.78 is 6.47. The molecule has 0 aliphatic carbocycles. The van der Waals surface area contributed by atoms with Crippen molar-refractivity contribution >= 4 is 11.9 Å². The molecule has 1 N–H and O–H groups in total. The Bertz CT molecular complexity index is 34.5. The highest BCUT2D eigenvalue weighted by Crippen LogP contribution is 1.81. The molecule has 0 aromatic carbocycles. The fourth-order valence-electron chi connectivity index (χ4n) is 0.671. The molecule has 0 amide bonds. The number of hydrogen-bond acceptors (Lipinski definition) is 2. The Labute approximate surface area is 62.6 Å². The molecule has 0 aliphatic heterocycles.